The second kappa shape index (κ2) is 8.08. The third-order valence-corrected chi connectivity index (χ3v) is 5.59. The van der Waals surface area contributed by atoms with Gasteiger partial charge in [-0.3, -0.25) is 9.59 Å². The van der Waals surface area contributed by atoms with Gasteiger partial charge in [0, 0.05) is 38.4 Å². The fraction of sp³-hybridized carbons (Fsp3) is 0.500. The second-order valence-corrected chi connectivity index (χ2v) is 7.59. The molecule has 2 aromatic rings. The summed E-state index contributed by atoms with van der Waals surface area (Å²) in [7, 11) is 0. The summed E-state index contributed by atoms with van der Waals surface area (Å²) in [5.74, 6) is 0.253. The summed E-state index contributed by atoms with van der Waals surface area (Å²) in [5, 5.41) is 4.38. The van der Waals surface area contributed by atoms with Crippen LogP contribution in [0.25, 0.3) is 0 Å². The number of carbonyl (C=O) groups excluding carboxylic acids is 1. The van der Waals surface area contributed by atoms with Crippen molar-refractivity contribution in [2.24, 2.45) is 0 Å². The molecule has 0 aromatic carbocycles. The SMILES string of the molecule is O=C(Cn1nc2c(cc1=O)CCCC2)N1CCN(c2ccc(C(F)(F)F)cn2)CC1. The van der Waals surface area contributed by atoms with Crippen molar-refractivity contribution < 1.29 is 18.0 Å². The Bertz CT molecular complexity index is 979. The third-order valence-electron chi connectivity index (χ3n) is 5.59. The Balaban J connectivity index is 1.36. The zero-order valence-electron chi connectivity index (χ0n) is 16.4. The number of aromatic nitrogens is 3. The standard InChI is InChI=1S/C20H22F3N5O2/c21-20(22,23)15-5-6-17(24-12-15)26-7-9-27(10-8-26)19(30)13-28-18(29)11-14-3-1-2-4-16(14)25-28/h5-6,11-12H,1-4,7-10,13H2. The maximum Gasteiger partial charge on any atom is 0.417 e. The molecule has 30 heavy (non-hydrogen) atoms. The van der Waals surface area contributed by atoms with E-state index < -0.39 is 11.7 Å². The van der Waals surface area contributed by atoms with Crippen molar-refractivity contribution in [2.75, 3.05) is 31.1 Å². The molecular formula is C20H22F3N5O2. The van der Waals surface area contributed by atoms with Gasteiger partial charge in [0.2, 0.25) is 5.91 Å². The first-order valence-corrected chi connectivity index (χ1v) is 9.97. The number of nitrogens with zero attached hydrogens (tertiary/aromatic N) is 5. The fourth-order valence-electron chi connectivity index (χ4n) is 3.87. The number of alkyl halides is 3. The highest BCUT2D eigenvalue weighted by atomic mass is 19.4. The molecule has 160 valence electrons. The molecule has 0 unspecified atom stereocenters. The van der Waals surface area contributed by atoms with Crippen LogP contribution in [0.2, 0.25) is 0 Å². The van der Waals surface area contributed by atoms with Crippen LogP contribution in [0.5, 0.6) is 0 Å². The largest absolute Gasteiger partial charge is 0.417 e. The van der Waals surface area contributed by atoms with Gasteiger partial charge in [0.1, 0.15) is 12.4 Å². The normalized spacial score (nSPS) is 17.0. The van der Waals surface area contributed by atoms with Crippen molar-refractivity contribution in [3.63, 3.8) is 0 Å². The lowest BCUT2D eigenvalue weighted by atomic mass is 9.97. The van der Waals surface area contributed by atoms with Crippen LogP contribution in [0.15, 0.2) is 29.2 Å². The molecular weight excluding hydrogens is 399 g/mol. The number of halogens is 3. The summed E-state index contributed by atoms with van der Waals surface area (Å²) < 4.78 is 39.3. The van der Waals surface area contributed by atoms with Gasteiger partial charge in [-0.15, -0.1) is 0 Å². The van der Waals surface area contributed by atoms with Crippen LogP contribution in [0.3, 0.4) is 0 Å². The first-order chi connectivity index (χ1) is 14.3. The number of hydrogen-bond acceptors (Lipinski definition) is 5. The Morgan fingerprint density at radius 1 is 1.07 bits per heavy atom. The summed E-state index contributed by atoms with van der Waals surface area (Å²) in [6.07, 6.45) is 0.163. The minimum absolute atomic E-state index is 0.107. The summed E-state index contributed by atoms with van der Waals surface area (Å²) in [6.45, 7) is 1.61. The van der Waals surface area contributed by atoms with Gasteiger partial charge in [0.25, 0.3) is 5.56 Å². The molecule has 0 bridgehead atoms. The van der Waals surface area contributed by atoms with E-state index in [1.165, 1.54) is 10.7 Å². The smallest absolute Gasteiger partial charge is 0.353 e. The lowest BCUT2D eigenvalue weighted by Gasteiger charge is -2.35. The maximum atomic E-state index is 12.7. The zero-order chi connectivity index (χ0) is 21.3. The Hall–Kier alpha value is -2.91. The van der Waals surface area contributed by atoms with Crippen molar-refractivity contribution in [1.82, 2.24) is 19.7 Å². The third kappa shape index (κ3) is 4.31. The molecule has 4 rings (SSSR count). The first-order valence-electron chi connectivity index (χ1n) is 9.97. The fourth-order valence-corrected chi connectivity index (χ4v) is 3.87. The quantitative estimate of drug-likeness (QED) is 0.757. The molecule has 2 aromatic heterocycles. The van der Waals surface area contributed by atoms with E-state index in [0.717, 1.165) is 49.2 Å². The highest BCUT2D eigenvalue weighted by molar-refractivity contribution is 5.76. The Labute approximate surface area is 171 Å². The molecule has 1 aliphatic carbocycles. The van der Waals surface area contributed by atoms with Gasteiger partial charge in [-0.25, -0.2) is 9.67 Å². The number of fused-ring (bicyclic) bond motifs is 1. The van der Waals surface area contributed by atoms with E-state index in [2.05, 4.69) is 10.1 Å². The molecule has 1 saturated heterocycles. The molecule has 7 nitrogen and oxygen atoms in total. The van der Waals surface area contributed by atoms with Crippen molar-refractivity contribution >= 4 is 11.7 Å². The number of pyridine rings is 1. The summed E-state index contributed by atoms with van der Waals surface area (Å²) in [5.41, 5.74) is 0.819. The summed E-state index contributed by atoms with van der Waals surface area (Å²) in [4.78, 5) is 32.3. The van der Waals surface area contributed by atoms with Gasteiger partial charge in [0.15, 0.2) is 0 Å². The van der Waals surface area contributed by atoms with Crippen LogP contribution >= 0.6 is 0 Å². The average molecular weight is 421 g/mol. The molecule has 1 fully saturated rings. The first kappa shape index (κ1) is 20.4. The molecule has 3 heterocycles. The molecule has 1 aliphatic heterocycles. The monoisotopic (exact) mass is 421 g/mol. The average Bonchev–Trinajstić information content (AvgIpc) is 2.74. The lowest BCUT2D eigenvalue weighted by molar-refractivity contribution is -0.138. The highest BCUT2D eigenvalue weighted by Crippen LogP contribution is 2.29. The molecule has 0 radical (unpaired) electrons. The lowest BCUT2D eigenvalue weighted by Crippen LogP contribution is -2.50. The van der Waals surface area contributed by atoms with Crippen LogP contribution < -0.4 is 10.5 Å². The van der Waals surface area contributed by atoms with Crippen molar-refractivity contribution in [3.8, 4) is 0 Å². The van der Waals surface area contributed by atoms with Crippen molar-refractivity contribution in [2.45, 2.75) is 38.4 Å². The summed E-state index contributed by atoms with van der Waals surface area (Å²) >= 11 is 0. The zero-order valence-corrected chi connectivity index (χ0v) is 16.4. The van der Waals surface area contributed by atoms with E-state index in [1.807, 2.05) is 4.90 Å². The molecule has 0 spiro atoms. The van der Waals surface area contributed by atoms with Crippen molar-refractivity contribution in [3.05, 3.63) is 51.6 Å². The van der Waals surface area contributed by atoms with E-state index >= 15 is 0 Å². The van der Waals surface area contributed by atoms with E-state index in [-0.39, 0.29) is 18.0 Å². The van der Waals surface area contributed by atoms with E-state index in [1.54, 1.807) is 11.0 Å². The van der Waals surface area contributed by atoms with Gasteiger partial charge in [-0.1, -0.05) is 0 Å². The molecule has 0 atom stereocenters. The maximum absolute atomic E-state index is 12.7. The predicted octanol–water partition coefficient (Wildman–Crippen LogP) is 1.88. The minimum atomic E-state index is -4.42. The molecule has 2 aliphatic rings. The van der Waals surface area contributed by atoms with Gasteiger partial charge in [-0.05, 0) is 43.4 Å². The number of rotatable bonds is 3. The number of aryl methyl sites for hydroxylation is 2. The Morgan fingerprint density at radius 2 is 1.80 bits per heavy atom. The second-order valence-electron chi connectivity index (χ2n) is 7.59. The predicted molar refractivity (Wildman–Crippen MR) is 103 cm³/mol. The van der Waals surface area contributed by atoms with Gasteiger partial charge >= 0.3 is 6.18 Å². The van der Waals surface area contributed by atoms with Gasteiger partial charge in [0.05, 0.1) is 11.3 Å². The topological polar surface area (TPSA) is 71.3 Å². The van der Waals surface area contributed by atoms with E-state index in [4.69, 9.17) is 0 Å². The van der Waals surface area contributed by atoms with Crippen LogP contribution in [0, 0.1) is 0 Å². The molecule has 10 heteroatoms. The van der Waals surface area contributed by atoms with Crippen molar-refractivity contribution in [1.29, 1.82) is 0 Å². The summed E-state index contributed by atoms with van der Waals surface area (Å²) in [6, 6.07) is 3.94. The molecule has 1 amide bonds. The number of carbonyl (C=O) groups is 1. The van der Waals surface area contributed by atoms with Crippen LogP contribution in [-0.2, 0) is 30.4 Å². The Morgan fingerprint density at radius 3 is 2.47 bits per heavy atom. The highest BCUT2D eigenvalue weighted by Gasteiger charge is 2.31. The van der Waals surface area contributed by atoms with Crippen LogP contribution in [0.4, 0.5) is 19.0 Å². The number of hydrogen-bond donors (Lipinski definition) is 0. The molecule has 0 saturated carbocycles. The number of anilines is 1. The van der Waals surface area contributed by atoms with Gasteiger partial charge < -0.3 is 9.80 Å². The molecule has 0 N–H and O–H groups in total. The number of piperazine rings is 1. The van der Waals surface area contributed by atoms with E-state index in [0.29, 0.717) is 32.0 Å². The van der Waals surface area contributed by atoms with E-state index in [9.17, 15) is 22.8 Å². The number of amides is 1. The van der Waals surface area contributed by atoms with Crippen LogP contribution in [-0.4, -0.2) is 51.8 Å². The minimum Gasteiger partial charge on any atom is -0.353 e. The van der Waals surface area contributed by atoms with Crippen LogP contribution in [0.1, 0.15) is 29.7 Å². The Kier molecular flexibility index (Phi) is 5.48. The van der Waals surface area contributed by atoms with Gasteiger partial charge in [-0.2, -0.15) is 18.3 Å².